The van der Waals surface area contributed by atoms with Crippen LogP contribution in [0, 0.1) is 11.3 Å². The van der Waals surface area contributed by atoms with Crippen molar-refractivity contribution in [2.75, 3.05) is 13.1 Å². The van der Waals surface area contributed by atoms with Crippen LogP contribution in [0.15, 0.2) is 0 Å². The number of likely N-dealkylation sites (tertiary alicyclic amines) is 1. The van der Waals surface area contributed by atoms with E-state index in [1.807, 2.05) is 0 Å². The van der Waals surface area contributed by atoms with E-state index in [0.29, 0.717) is 19.3 Å². The molecule has 2 fully saturated rings. The Morgan fingerprint density at radius 1 is 1.24 bits per heavy atom. The molecule has 1 spiro atoms. The summed E-state index contributed by atoms with van der Waals surface area (Å²) in [5.41, 5.74) is -0.690. The third kappa shape index (κ3) is 2.21. The van der Waals surface area contributed by atoms with Gasteiger partial charge in [-0.1, -0.05) is 12.8 Å². The molecule has 2 rings (SSSR count). The number of hydrogen-bond donors (Lipinski definition) is 1. The summed E-state index contributed by atoms with van der Waals surface area (Å²) in [7, 11) is 0. The number of halogens is 3. The van der Waals surface area contributed by atoms with Crippen molar-refractivity contribution in [1.29, 1.82) is 0 Å². The van der Waals surface area contributed by atoms with E-state index in [4.69, 9.17) is 5.11 Å². The summed E-state index contributed by atoms with van der Waals surface area (Å²) in [5, 5.41) is 8.81. The molecule has 1 amide bonds. The Hall–Kier alpha value is -0.940. The van der Waals surface area contributed by atoms with Crippen molar-refractivity contribution in [1.82, 2.24) is 4.90 Å². The molecule has 1 aliphatic carbocycles. The normalized spacial score (nSPS) is 28.6. The van der Waals surface area contributed by atoms with Gasteiger partial charge in [0.1, 0.15) is 0 Å². The quantitative estimate of drug-likeness (QED) is 0.718. The molecule has 1 saturated carbocycles. The molecule has 1 heterocycles. The zero-order chi connectivity index (χ0) is 12.7. The van der Waals surface area contributed by atoms with Crippen LogP contribution >= 0.6 is 0 Å². The molecule has 1 saturated heterocycles. The highest BCUT2D eigenvalue weighted by Gasteiger charge is 2.56. The molecule has 1 unspecified atom stereocenters. The molecular weight excluding hydrogens is 235 g/mol. The number of carboxylic acid groups (broad SMARTS) is 1. The highest BCUT2D eigenvalue weighted by Crippen LogP contribution is 2.54. The maximum absolute atomic E-state index is 13.1. The molecule has 0 bridgehead atoms. The minimum atomic E-state index is -4.29. The highest BCUT2D eigenvalue weighted by atomic mass is 19.4. The topological polar surface area (TPSA) is 40.5 Å². The molecule has 0 aromatic heterocycles. The average molecular weight is 251 g/mol. The van der Waals surface area contributed by atoms with E-state index >= 15 is 0 Å². The summed E-state index contributed by atoms with van der Waals surface area (Å²) >= 11 is 0. The number of amides is 1. The molecule has 0 aromatic rings. The first-order chi connectivity index (χ1) is 7.85. The molecule has 6 heteroatoms. The third-order valence-corrected chi connectivity index (χ3v) is 4.29. The van der Waals surface area contributed by atoms with Gasteiger partial charge in [-0.05, 0) is 24.7 Å². The Bertz CT molecular complexity index is 310. The second kappa shape index (κ2) is 4.07. The van der Waals surface area contributed by atoms with E-state index in [9.17, 15) is 18.0 Å². The van der Waals surface area contributed by atoms with Gasteiger partial charge in [-0.25, -0.2) is 4.79 Å². The Morgan fingerprint density at radius 3 is 2.29 bits per heavy atom. The van der Waals surface area contributed by atoms with Crippen LogP contribution in [0.5, 0.6) is 0 Å². The first kappa shape index (κ1) is 12.5. The van der Waals surface area contributed by atoms with Crippen molar-refractivity contribution >= 4 is 6.09 Å². The molecule has 1 N–H and O–H groups in total. The second-order valence-electron chi connectivity index (χ2n) is 5.14. The van der Waals surface area contributed by atoms with Crippen molar-refractivity contribution < 1.29 is 23.1 Å². The molecule has 2 aliphatic rings. The number of alkyl halides is 3. The largest absolute Gasteiger partial charge is 0.465 e. The lowest BCUT2D eigenvalue weighted by molar-refractivity contribution is -0.220. The summed E-state index contributed by atoms with van der Waals surface area (Å²) in [6.45, 7) is -0.152. The van der Waals surface area contributed by atoms with E-state index < -0.39 is 30.1 Å². The maximum Gasteiger partial charge on any atom is 0.407 e. The van der Waals surface area contributed by atoms with Crippen LogP contribution in [0.25, 0.3) is 0 Å². The number of rotatable bonds is 0. The SMILES string of the molecule is O=C(O)N1CCC2(CCCC2)C(C(F)(F)F)C1. The summed E-state index contributed by atoms with van der Waals surface area (Å²) in [6, 6.07) is 0. The van der Waals surface area contributed by atoms with Crippen LogP contribution in [-0.4, -0.2) is 35.4 Å². The lowest BCUT2D eigenvalue weighted by Gasteiger charge is -2.45. The van der Waals surface area contributed by atoms with Gasteiger partial charge in [-0.3, -0.25) is 0 Å². The van der Waals surface area contributed by atoms with Crippen LogP contribution in [0.2, 0.25) is 0 Å². The molecule has 3 nitrogen and oxygen atoms in total. The summed E-state index contributed by atoms with van der Waals surface area (Å²) in [5.74, 6) is -1.48. The summed E-state index contributed by atoms with van der Waals surface area (Å²) in [4.78, 5) is 11.7. The monoisotopic (exact) mass is 251 g/mol. The Labute approximate surface area is 97.6 Å². The molecule has 0 aromatic carbocycles. The molecule has 1 atom stereocenters. The number of carbonyl (C=O) groups is 1. The van der Waals surface area contributed by atoms with Gasteiger partial charge in [0.2, 0.25) is 0 Å². The van der Waals surface area contributed by atoms with Crippen molar-refractivity contribution in [3.63, 3.8) is 0 Å². The Kier molecular flexibility index (Phi) is 2.99. The fourth-order valence-corrected chi connectivity index (χ4v) is 3.34. The highest BCUT2D eigenvalue weighted by molar-refractivity contribution is 5.65. The number of nitrogens with zero attached hydrogens (tertiary/aromatic N) is 1. The first-order valence-electron chi connectivity index (χ1n) is 5.90. The fourth-order valence-electron chi connectivity index (χ4n) is 3.34. The van der Waals surface area contributed by atoms with Gasteiger partial charge in [-0.15, -0.1) is 0 Å². The van der Waals surface area contributed by atoms with Crippen molar-refractivity contribution in [2.24, 2.45) is 11.3 Å². The second-order valence-corrected chi connectivity index (χ2v) is 5.14. The minimum Gasteiger partial charge on any atom is -0.465 e. The predicted octanol–water partition coefficient (Wildman–Crippen LogP) is 3.11. The number of hydrogen-bond acceptors (Lipinski definition) is 1. The maximum atomic E-state index is 13.1. The summed E-state index contributed by atoms with van der Waals surface area (Å²) < 4.78 is 39.2. The molecule has 0 radical (unpaired) electrons. The van der Waals surface area contributed by atoms with Crippen LogP contribution in [-0.2, 0) is 0 Å². The minimum absolute atomic E-state index is 0.238. The molecule has 17 heavy (non-hydrogen) atoms. The molecule has 1 aliphatic heterocycles. The van der Waals surface area contributed by atoms with Gasteiger partial charge >= 0.3 is 12.3 Å². The number of piperidine rings is 1. The van der Waals surface area contributed by atoms with Crippen LogP contribution in [0.1, 0.15) is 32.1 Å². The van der Waals surface area contributed by atoms with E-state index in [2.05, 4.69) is 0 Å². The lowest BCUT2D eigenvalue weighted by atomic mass is 9.68. The lowest BCUT2D eigenvalue weighted by Crippen LogP contribution is -2.53. The van der Waals surface area contributed by atoms with Crippen molar-refractivity contribution in [3.05, 3.63) is 0 Å². The van der Waals surface area contributed by atoms with Crippen LogP contribution in [0.4, 0.5) is 18.0 Å². The smallest absolute Gasteiger partial charge is 0.407 e. The van der Waals surface area contributed by atoms with Gasteiger partial charge in [0, 0.05) is 13.1 Å². The summed E-state index contributed by atoms with van der Waals surface area (Å²) in [6.07, 6.45) is -2.34. The zero-order valence-electron chi connectivity index (χ0n) is 9.46. The van der Waals surface area contributed by atoms with E-state index in [0.717, 1.165) is 17.7 Å². The van der Waals surface area contributed by atoms with Crippen molar-refractivity contribution in [3.8, 4) is 0 Å². The Balaban J connectivity index is 2.21. The van der Waals surface area contributed by atoms with Crippen LogP contribution in [0.3, 0.4) is 0 Å². The first-order valence-corrected chi connectivity index (χ1v) is 5.90. The van der Waals surface area contributed by atoms with Gasteiger partial charge in [0.15, 0.2) is 0 Å². The zero-order valence-corrected chi connectivity index (χ0v) is 9.46. The van der Waals surface area contributed by atoms with E-state index in [1.165, 1.54) is 0 Å². The van der Waals surface area contributed by atoms with E-state index in [-0.39, 0.29) is 6.54 Å². The van der Waals surface area contributed by atoms with E-state index in [1.54, 1.807) is 0 Å². The standard InChI is InChI=1S/C11H16F3NO2/c12-11(13,14)8-7-15(9(16)17)6-5-10(8)3-1-2-4-10/h8H,1-7H2,(H,16,17). The van der Waals surface area contributed by atoms with Crippen molar-refractivity contribution in [2.45, 2.75) is 38.3 Å². The Morgan fingerprint density at radius 2 is 1.82 bits per heavy atom. The van der Waals surface area contributed by atoms with Crippen LogP contribution < -0.4 is 0 Å². The third-order valence-electron chi connectivity index (χ3n) is 4.29. The molecular formula is C11H16F3NO2. The fraction of sp³-hybridized carbons (Fsp3) is 0.909. The predicted molar refractivity (Wildman–Crippen MR) is 54.7 cm³/mol. The average Bonchev–Trinajstić information content (AvgIpc) is 2.65. The van der Waals surface area contributed by atoms with Gasteiger partial charge < -0.3 is 10.0 Å². The molecule has 98 valence electrons. The van der Waals surface area contributed by atoms with Gasteiger partial charge in [0.05, 0.1) is 5.92 Å². The van der Waals surface area contributed by atoms with Gasteiger partial charge in [0.25, 0.3) is 0 Å². The van der Waals surface area contributed by atoms with Gasteiger partial charge in [-0.2, -0.15) is 13.2 Å².